The maximum atomic E-state index is 12.4. The first-order valence-corrected chi connectivity index (χ1v) is 10.9. The van der Waals surface area contributed by atoms with E-state index in [4.69, 9.17) is 11.6 Å². The molecule has 1 saturated heterocycles. The Balaban J connectivity index is 1.59. The lowest BCUT2D eigenvalue weighted by Crippen LogP contribution is -2.41. The number of fused-ring (bicyclic) bond motifs is 2. The Kier molecular flexibility index (Phi) is 5.01. The van der Waals surface area contributed by atoms with Crippen LogP contribution in [0.1, 0.15) is 42.5 Å². The van der Waals surface area contributed by atoms with Gasteiger partial charge in [0.05, 0.1) is 5.02 Å². The third kappa shape index (κ3) is 3.39. The molecule has 3 aromatic rings. The smallest absolute Gasteiger partial charge is 0.251 e. The predicted molar refractivity (Wildman–Crippen MR) is 117 cm³/mol. The number of aliphatic hydroxyl groups is 1. The van der Waals surface area contributed by atoms with Crippen LogP contribution in [0, 0.1) is 0 Å². The molecule has 3 N–H and O–H groups in total. The molecule has 0 bridgehead atoms. The number of rotatable bonds is 3. The first-order chi connectivity index (χ1) is 14.5. The van der Waals surface area contributed by atoms with Gasteiger partial charge in [-0.3, -0.25) is 4.79 Å². The summed E-state index contributed by atoms with van der Waals surface area (Å²) in [6.07, 6.45) is 5.69. The lowest BCUT2D eigenvalue weighted by molar-refractivity contribution is -0.140. The van der Waals surface area contributed by atoms with Crippen LogP contribution in [0.3, 0.4) is 0 Å². The summed E-state index contributed by atoms with van der Waals surface area (Å²) in [5.74, 6) is -0.202. The molecule has 156 valence electrons. The summed E-state index contributed by atoms with van der Waals surface area (Å²) in [5.41, 5.74) is 6.68. The first kappa shape index (κ1) is 19.5. The Bertz CT molecular complexity index is 1120. The van der Waals surface area contributed by atoms with E-state index < -0.39 is 6.10 Å². The number of amides is 1. The Morgan fingerprint density at radius 1 is 1.33 bits per heavy atom. The molecular formula is C23H25ClN4O2. The maximum absolute atomic E-state index is 12.4. The molecule has 2 aliphatic heterocycles. The molecule has 2 atom stereocenters. The summed E-state index contributed by atoms with van der Waals surface area (Å²) in [6, 6.07) is 6.83. The van der Waals surface area contributed by atoms with Crippen LogP contribution in [-0.4, -0.2) is 45.1 Å². The van der Waals surface area contributed by atoms with Crippen molar-refractivity contribution in [3.05, 3.63) is 52.3 Å². The average molecular weight is 425 g/mol. The van der Waals surface area contributed by atoms with Gasteiger partial charge in [-0.1, -0.05) is 17.7 Å². The summed E-state index contributed by atoms with van der Waals surface area (Å²) in [4.78, 5) is 21.8. The van der Waals surface area contributed by atoms with Gasteiger partial charge in [-0.2, -0.15) is 0 Å². The zero-order valence-corrected chi connectivity index (χ0v) is 17.7. The Morgan fingerprint density at radius 2 is 2.20 bits per heavy atom. The number of carbonyl (C=O) groups is 1. The molecule has 0 aliphatic carbocycles. The van der Waals surface area contributed by atoms with Crippen molar-refractivity contribution >= 4 is 28.5 Å². The molecular weight excluding hydrogens is 400 g/mol. The van der Waals surface area contributed by atoms with E-state index in [0.717, 1.165) is 48.0 Å². The molecule has 0 saturated carbocycles. The highest BCUT2D eigenvalue weighted by Gasteiger charge is 2.29. The minimum absolute atomic E-state index is 0.202. The van der Waals surface area contributed by atoms with Crippen LogP contribution in [-0.2, 0) is 17.8 Å². The van der Waals surface area contributed by atoms with Crippen molar-refractivity contribution in [3.8, 4) is 11.1 Å². The van der Waals surface area contributed by atoms with E-state index in [0.29, 0.717) is 18.1 Å². The molecule has 7 heteroatoms. The fraction of sp³-hybridized carbons (Fsp3) is 0.391. The number of aromatic amines is 1. The number of pyridine rings is 1. The van der Waals surface area contributed by atoms with Gasteiger partial charge < -0.3 is 20.3 Å². The Labute approximate surface area is 180 Å². The van der Waals surface area contributed by atoms with Crippen molar-refractivity contribution in [2.45, 2.75) is 44.9 Å². The second kappa shape index (κ2) is 7.69. The quantitative estimate of drug-likeness (QED) is 0.600. The number of aliphatic hydroxyl groups excluding tert-OH is 1. The van der Waals surface area contributed by atoms with E-state index in [2.05, 4.69) is 33.5 Å². The van der Waals surface area contributed by atoms with Crippen LogP contribution in [0.15, 0.2) is 30.6 Å². The number of nitrogens with one attached hydrogen (secondary N) is 2. The van der Waals surface area contributed by atoms with E-state index in [9.17, 15) is 9.90 Å². The Hall–Kier alpha value is -2.41. The van der Waals surface area contributed by atoms with Crippen molar-refractivity contribution in [1.29, 1.82) is 0 Å². The zero-order valence-electron chi connectivity index (χ0n) is 16.9. The summed E-state index contributed by atoms with van der Waals surface area (Å²) >= 11 is 6.31. The van der Waals surface area contributed by atoms with E-state index in [1.807, 2.05) is 6.20 Å². The van der Waals surface area contributed by atoms with E-state index in [1.54, 1.807) is 11.1 Å². The van der Waals surface area contributed by atoms with Crippen LogP contribution >= 0.6 is 11.6 Å². The van der Waals surface area contributed by atoms with E-state index in [1.165, 1.54) is 23.6 Å². The number of hydrogen-bond donors (Lipinski definition) is 3. The van der Waals surface area contributed by atoms with Crippen LogP contribution in [0.25, 0.3) is 22.2 Å². The second-order valence-corrected chi connectivity index (χ2v) is 8.70. The monoisotopic (exact) mass is 424 g/mol. The maximum Gasteiger partial charge on any atom is 0.251 e. The summed E-state index contributed by atoms with van der Waals surface area (Å²) < 4.78 is 0. The zero-order chi connectivity index (χ0) is 20.8. The molecule has 1 aromatic carbocycles. The minimum Gasteiger partial charge on any atom is -0.384 e. The molecule has 30 heavy (non-hydrogen) atoms. The van der Waals surface area contributed by atoms with Crippen LogP contribution in [0.4, 0.5) is 0 Å². The van der Waals surface area contributed by atoms with Crippen molar-refractivity contribution in [2.24, 2.45) is 0 Å². The van der Waals surface area contributed by atoms with Crippen molar-refractivity contribution < 1.29 is 9.90 Å². The standard InChI is InChI=1S/C23H25ClN4O2/c1-13(29)23(30)28-6-4-14-7-15(8-17(19(14)12-28)21-3-2-5-25-21)16-9-18-20(24)11-27-22(18)26-10-16/h7-11,13,21,25,29H,2-6,12H2,1H3,(H,26,27). The number of aromatic nitrogens is 2. The van der Waals surface area contributed by atoms with Gasteiger partial charge in [-0.25, -0.2) is 4.98 Å². The van der Waals surface area contributed by atoms with Gasteiger partial charge in [0.2, 0.25) is 0 Å². The molecule has 2 unspecified atom stereocenters. The van der Waals surface area contributed by atoms with Crippen LogP contribution in [0.5, 0.6) is 0 Å². The van der Waals surface area contributed by atoms with E-state index >= 15 is 0 Å². The first-order valence-electron chi connectivity index (χ1n) is 10.5. The van der Waals surface area contributed by atoms with Crippen LogP contribution in [0.2, 0.25) is 5.02 Å². The van der Waals surface area contributed by atoms with Gasteiger partial charge in [-0.05, 0) is 67.1 Å². The molecule has 5 rings (SSSR count). The SMILES string of the molecule is CC(O)C(=O)N1CCc2cc(-c3cnc4[nH]cc(Cl)c4c3)cc(C3CCCN3)c2C1. The third-order valence-electron chi connectivity index (χ3n) is 6.30. The molecule has 1 fully saturated rings. The molecule has 2 aliphatic rings. The summed E-state index contributed by atoms with van der Waals surface area (Å²) in [7, 11) is 0. The fourth-order valence-corrected chi connectivity index (χ4v) is 4.91. The highest BCUT2D eigenvalue weighted by atomic mass is 35.5. The van der Waals surface area contributed by atoms with Gasteiger partial charge in [-0.15, -0.1) is 0 Å². The number of hydrogen-bond acceptors (Lipinski definition) is 4. The molecule has 2 aromatic heterocycles. The van der Waals surface area contributed by atoms with Crippen molar-refractivity contribution in [3.63, 3.8) is 0 Å². The molecule has 6 nitrogen and oxygen atoms in total. The molecule has 0 spiro atoms. The number of H-pyrrole nitrogens is 1. The number of nitrogens with zero attached hydrogens (tertiary/aromatic N) is 2. The van der Waals surface area contributed by atoms with E-state index in [-0.39, 0.29) is 11.9 Å². The van der Waals surface area contributed by atoms with Gasteiger partial charge in [0, 0.05) is 42.5 Å². The summed E-state index contributed by atoms with van der Waals surface area (Å²) in [5, 5.41) is 15.0. The number of carbonyl (C=O) groups excluding carboxylic acids is 1. The topological polar surface area (TPSA) is 81.2 Å². The number of benzene rings is 1. The van der Waals surface area contributed by atoms with Crippen molar-refractivity contribution in [1.82, 2.24) is 20.2 Å². The second-order valence-electron chi connectivity index (χ2n) is 8.29. The normalized spacial score (nSPS) is 19.8. The van der Waals surface area contributed by atoms with Gasteiger partial charge >= 0.3 is 0 Å². The molecule has 1 amide bonds. The van der Waals surface area contributed by atoms with Gasteiger partial charge in [0.1, 0.15) is 11.8 Å². The third-order valence-corrected chi connectivity index (χ3v) is 6.61. The van der Waals surface area contributed by atoms with Crippen LogP contribution < -0.4 is 5.32 Å². The summed E-state index contributed by atoms with van der Waals surface area (Å²) in [6.45, 7) is 3.72. The lowest BCUT2D eigenvalue weighted by atomic mass is 9.87. The Morgan fingerprint density at radius 3 is 2.97 bits per heavy atom. The number of halogens is 1. The highest BCUT2D eigenvalue weighted by Crippen LogP contribution is 2.36. The molecule has 4 heterocycles. The lowest BCUT2D eigenvalue weighted by Gasteiger charge is -2.33. The molecule has 0 radical (unpaired) electrons. The van der Waals surface area contributed by atoms with Crippen molar-refractivity contribution in [2.75, 3.05) is 13.1 Å². The largest absolute Gasteiger partial charge is 0.384 e. The highest BCUT2D eigenvalue weighted by molar-refractivity contribution is 6.35. The van der Waals surface area contributed by atoms with Gasteiger partial charge in [0.15, 0.2) is 0 Å². The predicted octanol–water partition coefficient (Wildman–Crippen LogP) is 3.57. The van der Waals surface area contributed by atoms with Gasteiger partial charge in [0.25, 0.3) is 5.91 Å². The minimum atomic E-state index is -0.970. The average Bonchev–Trinajstić information content (AvgIpc) is 3.42. The fourth-order valence-electron chi connectivity index (χ4n) is 4.71.